The molecule has 2 aromatic rings. The number of hydrogen-bond acceptors (Lipinski definition) is 3. The number of nitrogens with zero attached hydrogens (tertiary/aromatic N) is 2. The molecule has 21 heavy (non-hydrogen) atoms. The molecule has 1 aromatic heterocycles. The van der Waals surface area contributed by atoms with Crippen LogP contribution >= 0.6 is 11.6 Å². The molecule has 0 atom stereocenters. The van der Waals surface area contributed by atoms with E-state index in [4.69, 9.17) is 16.7 Å². The fourth-order valence-corrected chi connectivity index (χ4v) is 3.05. The fourth-order valence-electron chi connectivity index (χ4n) is 2.31. The van der Waals surface area contributed by atoms with E-state index in [1.54, 1.807) is 10.7 Å². The van der Waals surface area contributed by atoms with Crippen LogP contribution in [0.15, 0.2) is 29.2 Å². The van der Waals surface area contributed by atoms with Gasteiger partial charge in [-0.1, -0.05) is 18.5 Å². The second kappa shape index (κ2) is 5.12. The van der Waals surface area contributed by atoms with Gasteiger partial charge in [0, 0.05) is 11.6 Å². The Morgan fingerprint density at radius 2 is 2.10 bits per heavy atom. The lowest BCUT2D eigenvalue weighted by Crippen LogP contribution is -2.13. The molecule has 1 fully saturated rings. The number of benzene rings is 1. The predicted octanol–water partition coefficient (Wildman–Crippen LogP) is 2.61. The second-order valence-corrected chi connectivity index (χ2v) is 7.23. The molecule has 0 radical (unpaired) electrons. The van der Waals surface area contributed by atoms with Crippen molar-refractivity contribution < 1.29 is 8.42 Å². The van der Waals surface area contributed by atoms with Crippen LogP contribution in [0.5, 0.6) is 0 Å². The number of primary sulfonamides is 1. The second-order valence-electron chi connectivity index (χ2n) is 5.26. The molecule has 1 heterocycles. The summed E-state index contributed by atoms with van der Waals surface area (Å²) in [5.74, 6) is 0.479. The highest BCUT2D eigenvalue weighted by molar-refractivity contribution is 7.89. The lowest BCUT2D eigenvalue weighted by molar-refractivity contribution is 0.597. The van der Waals surface area contributed by atoms with Gasteiger partial charge in [0.1, 0.15) is 0 Å². The average Bonchev–Trinajstić information content (AvgIpc) is 3.18. The van der Waals surface area contributed by atoms with Crippen molar-refractivity contribution in [3.8, 4) is 5.69 Å². The Morgan fingerprint density at radius 3 is 2.67 bits per heavy atom. The van der Waals surface area contributed by atoms with Crippen molar-refractivity contribution in [2.24, 2.45) is 5.14 Å². The number of hydrogen-bond donors (Lipinski definition) is 1. The molecule has 0 amide bonds. The fraction of sp³-hybridized carbons (Fsp3) is 0.357. The zero-order chi connectivity index (χ0) is 15.2. The summed E-state index contributed by atoms with van der Waals surface area (Å²) in [4.78, 5) is 0.0391. The van der Waals surface area contributed by atoms with E-state index in [0.717, 1.165) is 30.7 Å². The van der Waals surface area contributed by atoms with Gasteiger partial charge in [-0.25, -0.2) is 18.2 Å². The first-order valence-corrected chi connectivity index (χ1v) is 8.74. The number of aromatic nitrogens is 2. The van der Waals surface area contributed by atoms with E-state index in [0.29, 0.717) is 16.6 Å². The molecule has 1 aromatic carbocycles. The molecule has 112 valence electrons. The summed E-state index contributed by atoms with van der Waals surface area (Å²) in [6.45, 7) is 2.03. The lowest BCUT2D eigenvalue weighted by atomic mass is 10.2. The van der Waals surface area contributed by atoms with Crippen LogP contribution in [0, 0.1) is 0 Å². The molecule has 0 aliphatic heterocycles. The first-order valence-electron chi connectivity index (χ1n) is 6.81. The Balaban J connectivity index is 2.18. The normalized spacial score (nSPS) is 15.4. The summed E-state index contributed by atoms with van der Waals surface area (Å²) in [7, 11) is -3.77. The Morgan fingerprint density at radius 1 is 1.38 bits per heavy atom. The van der Waals surface area contributed by atoms with E-state index in [1.165, 1.54) is 12.1 Å². The van der Waals surface area contributed by atoms with E-state index >= 15 is 0 Å². The third kappa shape index (κ3) is 2.84. The topological polar surface area (TPSA) is 78.0 Å². The van der Waals surface area contributed by atoms with Crippen LogP contribution in [0.2, 0.25) is 5.02 Å². The van der Waals surface area contributed by atoms with Crippen molar-refractivity contribution in [3.63, 3.8) is 0 Å². The van der Waals surface area contributed by atoms with E-state index in [-0.39, 0.29) is 4.90 Å². The highest BCUT2D eigenvalue weighted by atomic mass is 35.5. The molecular formula is C14H16ClN3O2S. The number of aryl methyl sites for hydroxylation is 1. The minimum absolute atomic E-state index is 0.0391. The van der Waals surface area contributed by atoms with Gasteiger partial charge in [0.05, 0.1) is 21.3 Å². The first kappa shape index (κ1) is 14.6. The first-order chi connectivity index (χ1) is 9.90. The van der Waals surface area contributed by atoms with E-state index in [2.05, 4.69) is 11.2 Å². The molecule has 0 saturated heterocycles. The number of rotatable bonds is 4. The summed E-state index contributed by atoms with van der Waals surface area (Å²) in [5, 5.41) is 10.2. The van der Waals surface area contributed by atoms with Crippen molar-refractivity contribution in [2.45, 2.75) is 37.0 Å². The van der Waals surface area contributed by atoms with Crippen LogP contribution < -0.4 is 5.14 Å². The summed E-state index contributed by atoms with van der Waals surface area (Å²) in [6.07, 6.45) is 3.07. The minimum atomic E-state index is -3.77. The van der Waals surface area contributed by atoms with E-state index in [9.17, 15) is 8.42 Å². The van der Waals surface area contributed by atoms with Crippen LogP contribution in [0.1, 0.15) is 37.1 Å². The maximum absolute atomic E-state index is 11.5. The molecule has 3 rings (SSSR count). The summed E-state index contributed by atoms with van der Waals surface area (Å²) < 4.78 is 24.8. The highest BCUT2D eigenvalue weighted by Crippen LogP contribution is 2.41. The zero-order valence-electron chi connectivity index (χ0n) is 11.6. The van der Waals surface area contributed by atoms with Crippen LogP contribution in [-0.2, 0) is 16.4 Å². The van der Waals surface area contributed by atoms with Gasteiger partial charge in [-0.3, -0.25) is 0 Å². The van der Waals surface area contributed by atoms with Crippen molar-refractivity contribution in [1.82, 2.24) is 9.78 Å². The Labute approximate surface area is 128 Å². The van der Waals surface area contributed by atoms with Crippen molar-refractivity contribution in [1.29, 1.82) is 0 Å². The molecule has 1 aliphatic carbocycles. The highest BCUT2D eigenvalue weighted by Gasteiger charge is 2.29. The quantitative estimate of drug-likeness (QED) is 0.938. The number of sulfonamides is 1. The van der Waals surface area contributed by atoms with Gasteiger partial charge in [0.15, 0.2) is 0 Å². The van der Waals surface area contributed by atoms with Gasteiger partial charge < -0.3 is 0 Å². The van der Waals surface area contributed by atoms with Crippen LogP contribution in [0.4, 0.5) is 0 Å². The zero-order valence-corrected chi connectivity index (χ0v) is 13.2. The molecule has 1 aliphatic rings. The Hall–Kier alpha value is -1.37. The van der Waals surface area contributed by atoms with Gasteiger partial charge in [-0.05, 0) is 43.5 Å². The predicted molar refractivity (Wildman–Crippen MR) is 81.3 cm³/mol. The van der Waals surface area contributed by atoms with Gasteiger partial charge in [-0.2, -0.15) is 5.10 Å². The molecule has 0 spiro atoms. The van der Waals surface area contributed by atoms with Crippen LogP contribution in [-0.4, -0.2) is 18.2 Å². The molecular weight excluding hydrogens is 310 g/mol. The monoisotopic (exact) mass is 325 g/mol. The number of nitrogens with two attached hydrogens (primary N) is 1. The number of halogens is 1. The summed E-state index contributed by atoms with van der Waals surface area (Å²) >= 11 is 6.23. The standard InChI is InChI=1S/C14H16ClN3O2S/c1-2-10-7-13(9-3-4-9)18(17-10)14-8-11(21(16,19)20)5-6-12(14)15/h5-9H,2-4H2,1H3,(H2,16,19,20). The minimum Gasteiger partial charge on any atom is -0.236 e. The molecule has 2 N–H and O–H groups in total. The molecule has 0 bridgehead atoms. The lowest BCUT2D eigenvalue weighted by Gasteiger charge is -2.10. The van der Waals surface area contributed by atoms with E-state index < -0.39 is 10.0 Å². The van der Waals surface area contributed by atoms with Gasteiger partial charge >= 0.3 is 0 Å². The van der Waals surface area contributed by atoms with Crippen LogP contribution in [0.3, 0.4) is 0 Å². The van der Waals surface area contributed by atoms with Gasteiger partial charge in [0.25, 0.3) is 0 Å². The molecule has 1 saturated carbocycles. The maximum Gasteiger partial charge on any atom is 0.238 e. The van der Waals surface area contributed by atoms with Gasteiger partial charge in [0.2, 0.25) is 10.0 Å². The third-order valence-corrected chi connectivity index (χ3v) is 4.85. The Bertz CT molecular complexity index is 795. The molecule has 5 nitrogen and oxygen atoms in total. The average molecular weight is 326 g/mol. The van der Waals surface area contributed by atoms with E-state index in [1.807, 2.05) is 6.92 Å². The smallest absolute Gasteiger partial charge is 0.236 e. The van der Waals surface area contributed by atoms with Gasteiger partial charge in [-0.15, -0.1) is 0 Å². The van der Waals surface area contributed by atoms with Crippen LogP contribution in [0.25, 0.3) is 5.69 Å². The SMILES string of the molecule is CCc1cc(C2CC2)n(-c2cc(S(N)(=O)=O)ccc2Cl)n1. The maximum atomic E-state index is 11.5. The third-order valence-electron chi connectivity index (χ3n) is 3.62. The van der Waals surface area contributed by atoms with Crippen molar-refractivity contribution in [3.05, 3.63) is 40.7 Å². The summed E-state index contributed by atoms with van der Waals surface area (Å²) in [5.41, 5.74) is 2.61. The molecule has 0 unspecified atom stereocenters. The largest absolute Gasteiger partial charge is 0.238 e. The van der Waals surface area contributed by atoms with Crippen molar-refractivity contribution in [2.75, 3.05) is 0 Å². The molecule has 7 heteroatoms. The summed E-state index contributed by atoms with van der Waals surface area (Å²) in [6, 6.07) is 6.50. The Kier molecular flexibility index (Phi) is 3.55. The van der Waals surface area contributed by atoms with Crippen molar-refractivity contribution >= 4 is 21.6 Å².